The van der Waals surface area contributed by atoms with Gasteiger partial charge >= 0.3 is 18.0 Å². The molecule has 3 N–H and O–H groups in total. The second-order valence-corrected chi connectivity index (χ2v) is 8.86. The van der Waals surface area contributed by atoms with E-state index < -0.39 is 36.4 Å². The van der Waals surface area contributed by atoms with Crippen molar-refractivity contribution in [1.29, 1.82) is 0 Å². The van der Waals surface area contributed by atoms with E-state index in [2.05, 4.69) is 10.6 Å². The van der Waals surface area contributed by atoms with Crippen LogP contribution in [-0.4, -0.2) is 48.2 Å². The van der Waals surface area contributed by atoms with Gasteiger partial charge in [0.2, 0.25) is 5.91 Å². The third kappa shape index (κ3) is 7.32. The van der Waals surface area contributed by atoms with E-state index in [0.29, 0.717) is 0 Å². The molecule has 4 rings (SSSR count). The highest BCUT2D eigenvalue weighted by Crippen LogP contribution is 2.44. The van der Waals surface area contributed by atoms with Gasteiger partial charge in [-0.2, -0.15) is 0 Å². The Hall–Kier alpha value is -4.92. The van der Waals surface area contributed by atoms with Crippen LogP contribution in [-0.2, 0) is 30.5 Å². The zero-order valence-electron chi connectivity index (χ0n) is 21.0. The fourth-order valence-electron chi connectivity index (χ4n) is 4.40. The fraction of sp³-hybridized carbons (Fsp3) is 0.200. The maximum atomic E-state index is 12.8. The van der Waals surface area contributed by atoms with E-state index in [-0.39, 0.29) is 25.7 Å². The molecule has 2 amide bonds. The average molecular weight is 529 g/mol. The third-order valence-electron chi connectivity index (χ3n) is 6.22. The molecule has 3 aromatic carbocycles. The Kier molecular flexibility index (Phi) is 9.07. The summed E-state index contributed by atoms with van der Waals surface area (Å²) in [5, 5.41) is 13.6. The molecule has 0 radical (unpaired) electrons. The molecule has 3 aromatic rings. The van der Waals surface area contributed by atoms with Gasteiger partial charge in [-0.3, -0.25) is 9.59 Å². The quantitative estimate of drug-likeness (QED) is 0.255. The lowest BCUT2D eigenvalue weighted by molar-refractivity contribution is -0.147. The summed E-state index contributed by atoms with van der Waals surface area (Å²) in [6, 6.07) is 23.5. The molecule has 0 fully saturated rings. The highest BCUT2D eigenvalue weighted by Gasteiger charge is 2.30. The minimum Gasteiger partial charge on any atom is -0.478 e. The van der Waals surface area contributed by atoms with Crippen LogP contribution in [0.1, 0.15) is 29.0 Å². The van der Waals surface area contributed by atoms with E-state index in [9.17, 15) is 19.2 Å². The summed E-state index contributed by atoms with van der Waals surface area (Å²) in [4.78, 5) is 48.7. The zero-order chi connectivity index (χ0) is 27.6. The number of ether oxygens (including phenoxy) is 2. The van der Waals surface area contributed by atoms with Crippen LogP contribution in [0.15, 0.2) is 91.0 Å². The van der Waals surface area contributed by atoms with Crippen LogP contribution >= 0.6 is 0 Å². The number of benzene rings is 3. The summed E-state index contributed by atoms with van der Waals surface area (Å²) in [6.45, 7) is -0.0542. The molecule has 0 spiro atoms. The van der Waals surface area contributed by atoms with Gasteiger partial charge in [-0.1, -0.05) is 84.9 Å². The van der Waals surface area contributed by atoms with Crippen molar-refractivity contribution >= 4 is 23.9 Å². The number of nitrogens with one attached hydrogen (secondary N) is 2. The molecular weight excluding hydrogens is 500 g/mol. The predicted molar refractivity (Wildman–Crippen MR) is 143 cm³/mol. The van der Waals surface area contributed by atoms with E-state index in [4.69, 9.17) is 14.6 Å². The summed E-state index contributed by atoms with van der Waals surface area (Å²) in [7, 11) is 0. The number of carboxylic acid groups (broad SMARTS) is 1. The van der Waals surface area contributed by atoms with Gasteiger partial charge in [0.15, 0.2) is 0 Å². The summed E-state index contributed by atoms with van der Waals surface area (Å²) in [5.74, 6) is -2.72. The molecule has 200 valence electrons. The number of carboxylic acids is 1. The second-order valence-electron chi connectivity index (χ2n) is 8.86. The maximum Gasteiger partial charge on any atom is 0.407 e. The van der Waals surface area contributed by atoms with Gasteiger partial charge in [0.05, 0.1) is 6.42 Å². The molecule has 0 heterocycles. The summed E-state index contributed by atoms with van der Waals surface area (Å²) in [6.07, 6.45) is 0.806. The Balaban J connectivity index is 1.38. The van der Waals surface area contributed by atoms with E-state index >= 15 is 0 Å². The minimum absolute atomic E-state index is 0.0142. The molecule has 1 atom stereocenters. The summed E-state index contributed by atoms with van der Waals surface area (Å²) >= 11 is 0. The maximum absolute atomic E-state index is 12.8. The third-order valence-corrected chi connectivity index (χ3v) is 6.22. The smallest absolute Gasteiger partial charge is 0.407 e. The molecule has 0 aliphatic heterocycles. The van der Waals surface area contributed by atoms with Gasteiger partial charge in [-0.25, -0.2) is 9.59 Å². The molecule has 0 aromatic heterocycles. The molecular formula is C30H28N2O7. The van der Waals surface area contributed by atoms with Crippen molar-refractivity contribution in [2.75, 3.05) is 13.2 Å². The van der Waals surface area contributed by atoms with E-state index in [1.54, 1.807) is 12.1 Å². The molecule has 0 unspecified atom stereocenters. The molecule has 1 aliphatic rings. The van der Waals surface area contributed by atoms with Crippen LogP contribution in [0.4, 0.5) is 4.79 Å². The number of carbonyl (C=O) groups excluding carboxylic acids is 3. The highest BCUT2D eigenvalue weighted by molar-refractivity contribution is 5.90. The Morgan fingerprint density at radius 3 is 2.10 bits per heavy atom. The topological polar surface area (TPSA) is 131 Å². The Bertz CT molecular complexity index is 1320. The van der Waals surface area contributed by atoms with Crippen LogP contribution in [0.25, 0.3) is 11.1 Å². The van der Waals surface area contributed by atoms with E-state index in [1.165, 1.54) is 6.08 Å². The van der Waals surface area contributed by atoms with Gasteiger partial charge in [-0.15, -0.1) is 0 Å². The van der Waals surface area contributed by atoms with Crippen molar-refractivity contribution in [3.8, 4) is 11.1 Å². The highest BCUT2D eigenvalue weighted by atomic mass is 16.5. The first-order chi connectivity index (χ1) is 18.9. The standard InChI is InChI=1S/C30H28N2O7/c33-27(34)15-8-16-31-29(36)26(17-28(35)38-18-20-9-2-1-3-10-20)32-30(37)39-19-25-23-13-6-4-11-21(23)22-12-5-7-14-24(22)25/h1-15,25-26H,16-19H2,(H,31,36)(H,32,37)(H,33,34)/b15-8+/t26-/m0/s1. The van der Waals surface area contributed by atoms with Crippen LogP contribution in [0.3, 0.4) is 0 Å². The number of alkyl carbamates (subject to hydrolysis) is 1. The van der Waals surface area contributed by atoms with E-state index in [1.807, 2.05) is 66.7 Å². The lowest BCUT2D eigenvalue weighted by atomic mass is 9.98. The lowest BCUT2D eigenvalue weighted by Gasteiger charge is -2.19. The zero-order valence-corrected chi connectivity index (χ0v) is 21.0. The predicted octanol–water partition coefficient (Wildman–Crippen LogP) is 3.78. The molecule has 9 nitrogen and oxygen atoms in total. The van der Waals surface area contributed by atoms with Crippen LogP contribution < -0.4 is 10.6 Å². The number of amides is 2. The van der Waals surface area contributed by atoms with Gasteiger partial charge in [0.1, 0.15) is 19.3 Å². The van der Waals surface area contributed by atoms with Gasteiger partial charge in [0.25, 0.3) is 0 Å². The second kappa shape index (κ2) is 13.0. The fourth-order valence-corrected chi connectivity index (χ4v) is 4.40. The first kappa shape index (κ1) is 27.1. The number of aliphatic carboxylic acids is 1. The summed E-state index contributed by atoms with van der Waals surface area (Å²) in [5.41, 5.74) is 5.01. The van der Waals surface area contributed by atoms with Crippen LogP contribution in [0, 0.1) is 0 Å². The number of carbonyl (C=O) groups is 4. The van der Waals surface area contributed by atoms with Crippen molar-refractivity contribution < 1.29 is 33.8 Å². The molecule has 0 saturated carbocycles. The van der Waals surface area contributed by atoms with Crippen LogP contribution in [0.5, 0.6) is 0 Å². The Morgan fingerprint density at radius 1 is 0.846 bits per heavy atom. The first-order valence-corrected chi connectivity index (χ1v) is 12.4. The van der Waals surface area contributed by atoms with Crippen molar-refractivity contribution in [3.63, 3.8) is 0 Å². The molecule has 39 heavy (non-hydrogen) atoms. The number of esters is 1. The Labute approximate surface area is 225 Å². The summed E-state index contributed by atoms with van der Waals surface area (Å²) < 4.78 is 10.8. The SMILES string of the molecule is O=C(O)/C=C/CNC(=O)[C@H](CC(=O)OCc1ccccc1)NC(=O)OCC1c2ccccc2-c2ccccc21. The van der Waals surface area contributed by atoms with Crippen LogP contribution in [0.2, 0.25) is 0 Å². The number of rotatable bonds is 11. The Morgan fingerprint density at radius 2 is 1.46 bits per heavy atom. The van der Waals surface area contributed by atoms with Crippen molar-refractivity contribution in [2.45, 2.75) is 25.0 Å². The first-order valence-electron chi connectivity index (χ1n) is 12.4. The number of hydrogen-bond acceptors (Lipinski definition) is 6. The monoisotopic (exact) mass is 528 g/mol. The lowest BCUT2D eigenvalue weighted by Crippen LogP contribution is -2.48. The van der Waals surface area contributed by atoms with Crippen molar-refractivity contribution in [1.82, 2.24) is 10.6 Å². The van der Waals surface area contributed by atoms with Gasteiger partial charge < -0.3 is 25.2 Å². The molecule has 1 aliphatic carbocycles. The normalized spacial score (nSPS) is 12.7. The number of fused-ring (bicyclic) bond motifs is 3. The van der Waals surface area contributed by atoms with E-state index in [0.717, 1.165) is 33.9 Å². The van der Waals surface area contributed by atoms with Crippen molar-refractivity contribution in [2.24, 2.45) is 0 Å². The van der Waals surface area contributed by atoms with Gasteiger partial charge in [0, 0.05) is 18.5 Å². The molecule has 0 bridgehead atoms. The van der Waals surface area contributed by atoms with Gasteiger partial charge in [-0.05, 0) is 27.8 Å². The molecule has 0 saturated heterocycles. The van der Waals surface area contributed by atoms with Crippen molar-refractivity contribution in [3.05, 3.63) is 108 Å². The average Bonchev–Trinajstić information content (AvgIpc) is 3.26. The number of hydrogen-bond donors (Lipinski definition) is 3. The largest absolute Gasteiger partial charge is 0.478 e. The molecule has 9 heteroatoms. The minimum atomic E-state index is -1.29.